The third kappa shape index (κ3) is 3.82. The second-order valence-electron chi connectivity index (χ2n) is 4.87. The number of carbonyl (C=O) groups is 2. The molecule has 1 unspecified atom stereocenters. The van der Waals surface area contributed by atoms with E-state index in [4.69, 9.17) is 10.2 Å². The molecule has 0 heterocycles. The van der Waals surface area contributed by atoms with Crippen molar-refractivity contribution in [3.8, 4) is 5.75 Å². The molecule has 2 N–H and O–H groups in total. The van der Waals surface area contributed by atoms with E-state index >= 15 is 0 Å². The molecule has 0 fully saturated rings. The van der Waals surface area contributed by atoms with Crippen molar-refractivity contribution in [3.05, 3.63) is 71.3 Å². The first kappa shape index (κ1) is 15.5. The van der Waals surface area contributed by atoms with E-state index in [1.54, 1.807) is 12.1 Å². The van der Waals surface area contributed by atoms with Crippen LogP contribution in [0.3, 0.4) is 0 Å². The van der Waals surface area contributed by atoms with Crippen LogP contribution < -0.4 is 0 Å². The number of benzene rings is 2. The van der Waals surface area contributed by atoms with Gasteiger partial charge >= 0.3 is 5.97 Å². The standard InChI is InChI=1S/C11H10O2.C7H6O2/c12-11(13)10-7-3-5-8-4-1-2-6-9(8)10;8-5-6-1-3-7(9)4-2-6/h1-6,10H,7H2,(H,12,13);1-5,9H. The van der Waals surface area contributed by atoms with Crippen LogP contribution >= 0.6 is 0 Å². The summed E-state index contributed by atoms with van der Waals surface area (Å²) in [6.07, 6.45) is 5.24. The minimum atomic E-state index is -0.739. The zero-order chi connectivity index (χ0) is 15.9. The molecule has 3 rings (SSSR count). The molecule has 2 aromatic rings. The lowest BCUT2D eigenvalue weighted by Gasteiger charge is -2.17. The van der Waals surface area contributed by atoms with E-state index in [2.05, 4.69) is 0 Å². The summed E-state index contributed by atoms with van der Waals surface area (Å²) in [4.78, 5) is 20.9. The zero-order valence-corrected chi connectivity index (χ0v) is 11.8. The van der Waals surface area contributed by atoms with Crippen LogP contribution in [0.5, 0.6) is 5.75 Å². The van der Waals surface area contributed by atoms with Gasteiger partial charge in [0.05, 0.1) is 5.92 Å². The number of hydrogen-bond donors (Lipinski definition) is 2. The number of allylic oxidation sites excluding steroid dienone is 1. The van der Waals surface area contributed by atoms with Crippen LogP contribution in [-0.4, -0.2) is 22.5 Å². The first-order valence-electron chi connectivity index (χ1n) is 6.84. The number of aliphatic carboxylic acids is 1. The van der Waals surface area contributed by atoms with Gasteiger partial charge in [0.25, 0.3) is 0 Å². The summed E-state index contributed by atoms with van der Waals surface area (Å²) in [6.45, 7) is 0. The highest BCUT2D eigenvalue weighted by Gasteiger charge is 2.22. The summed E-state index contributed by atoms with van der Waals surface area (Å²) in [7, 11) is 0. The third-order valence-corrected chi connectivity index (χ3v) is 3.37. The lowest BCUT2D eigenvalue weighted by molar-refractivity contribution is -0.138. The van der Waals surface area contributed by atoms with Gasteiger partial charge in [0.2, 0.25) is 0 Å². The molecule has 2 aromatic carbocycles. The molecule has 1 aliphatic rings. The SMILES string of the molecule is O=C(O)C1CC=Cc2ccccc21.O=Cc1ccc(O)cc1. The van der Waals surface area contributed by atoms with E-state index in [1.165, 1.54) is 12.1 Å². The van der Waals surface area contributed by atoms with Crippen molar-refractivity contribution in [1.82, 2.24) is 0 Å². The molecular weight excluding hydrogens is 280 g/mol. The van der Waals surface area contributed by atoms with Gasteiger partial charge in [-0.25, -0.2) is 0 Å². The molecule has 1 aliphatic carbocycles. The van der Waals surface area contributed by atoms with Crippen LogP contribution in [0.15, 0.2) is 54.6 Å². The number of aromatic hydroxyl groups is 1. The number of rotatable bonds is 2. The Morgan fingerprint density at radius 2 is 1.77 bits per heavy atom. The predicted molar refractivity (Wildman–Crippen MR) is 84.0 cm³/mol. The molecule has 1 atom stereocenters. The summed E-state index contributed by atoms with van der Waals surface area (Å²) in [6, 6.07) is 13.7. The number of aldehydes is 1. The number of carbonyl (C=O) groups excluding carboxylic acids is 1. The summed E-state index contributed by atoms with van der Waals surface area (Å²) in [5.74, 6) is -0.918. The molecule has 0 spiro atoms. The minimum Gasteiger partial charge on any atom is -0.508 e. The van der Waals surface area contributed by atoms with Crippen LogP contribution in [0.2, 0.25) is 0 Å². The molecule has 112 valence electrons. The Balaban J connectivity index is 0.000000172. The largest absolute Gasteiger partial charge is 0.508 e. The Kier molecular flexibility index (Phi) is 5.09. The summed E-state index contributed by atoms with van der Waals surface area (Å²) in [5.41, 5.74) is 2.53. The molecule has 4 nitrogen and oxygen atoms in total. The van der Waals surface area contributed by atoms with E-state index in [-0.39, 0.29) is 11.7 Å². The minimum absolute atomic E-state index is 0.181. The topological polar surface area (TPSA) is 74.6 Å². The molecule has 0 saturated carbocycles. The monoisotopic (exact) mass is 296 g/mol. The van der Waals surface area contributed by atoms with E-state index in [9.17, 15) is 9.59 Å². The van der Waals surface area contributed by atoms with Crippen LogP contribution in [-0.2, 0) is 4.79 Å². The quantitative estimate of drug-likeness (QED) is 0.832. The maximum absolute atomic E-state index is 10.9. The Morgan fingerprint density at radius 3 is 2.41 bits per heavy atom. The fourth-order valence-corrected chi connectivity index (χ4v) is 2.22. The molecule has 0 aromatic heterocycles. The first-order valence-corrected chi connectivity index (χ1v) is 6.84. The van der Waals surface area contributed by atoms with Crippen molar-refractivity contribution < 1.29 is 19.8 Å². The Labute approximate surface area is 128 Å². The first-order chi connectivity index (χ1) is 10.6. The Hall–Kier alpha value is -2.88. The van der Waals surface area contributed by atoms with Crippen LogP contribution in [0.1, 0.15) is 33.8 Å². The summed E-state index contributed by atoms with van der Waals surface area (Å²) in [5, 5.41) is 17.7. The van der Waals surface area contributed by atoms with Crippen molar-refractivity contribution >= 4 is 18.3 Å². The molecule has 0 aliphatic heterocycles. The van der Waals surface area contributed by atoms with E-state index in [1.807, 2.05) is 36.4 Å². The number of hydrogen-bond acceptors (Lipinski definition) is 3. The smallest absolute Gasteiger partial charge is 0.311 e. The van der Waals surface area contributed by atoms with Crippen molar-refractivity contribution in [1.29, 1.82) is 0 Å². The third-order valence-electron chi connectivity index (χ3n) is 3.37. The van der Waals surface area contributed by atoms with E-state index in [0.717, 1.165) is 17.4 Å². The van der Waals surface area contributed by atoms with Crippen LogP contribution in [0, 0.1) is 0 Å². The fourth-order valence-electron chi connectivity index (χ4n) is 2.22. The van der Waals surface area contributed by atoms with Gasteiger partial charge in [-0.15, -0.1) is 0 Å². The number of phenols is 1. The molecule has 0 radical (unpaired) electrons. The molecule has 0 amide bonds. The highest BCUT2D eigenvalue weighted by atomic mass is 16.4. The highest BCUT2D eigenvalue weighted by molar-refractivity contribution is 5.80. The number of carboxylic acid groups (broad SMARTS) is 1. The van der Waals surface area contributed by atoms with Gasteiger partial charge in [-0.3, -0.25) is 9.59 Å². The van der Waals surface area contributed by atoms with Gasteiger partial charge in [0.15, 0.2) is 0 Å². The van der Waals surface area contributed by atoms with Gasteiger partial charge in [0.1, 0.15) is 12.0 Å². The zero-order valence-electron chi connectivity index (χ0n) is 11.8. The van der Waals surface area contributed by atoms with Crippen molar-refractivity contribution in [3.63, 3.8) is 0 Å². The van der Waals surface area contributed by atoms with Crippen molar-refractivity contribution in [2.24, 2.45) is 0 Å². The maximum atomic E-state index is 10.9. The Bertz CT molecular complexity index is 686. The second kappa shape index (κ2) is 7.22. The lowest BCUT2D eigenvalue weighted by atomic mass is 9.87. The van der Waals surface area contributed by atoms with E-state index < -0.39 is 5.97 Å². The maximum Gasteiger partial charge on any atom is 0.311 e. The van der Waals surface area contributed by atoms with Gasteiger partial charge in [-0.1, -0.05) is 36.4 Å². The molecule has 0 saturated heterocycles. The van der Waals surface area contributed by atoms with Crippen molar-refractivity contribution in [2.45, 2.75) is 12.3 Å². The van der Waals surface area contributed by atoms with Crippen molar-refractivity contribution in [2.75, 3.05) is 0 Å². The van der Waals surface area contributed by atoms with E-state index in [0.29, 0.717) is 12.0 Å². The average molecular weight is 296 g/mol. The summed E-state index contributed by atoms with van der Waals surface area (Å²) < 4.78 is 0. The van der Waals surface area contributed by atoms with Gasteiger partial charge in [-0.2, -0.15) is 0 Å². The van der Waals surface area contributed by atoms with Crippen LogP contribution in [0.25, 0.3) is 6.08 Å². The molecule has 4 heteroatoms. The highest BCUT2D eigenvalue weighted by Crippen LogP contribution is 2.29. The molecule has 22 heavy (non-hydrogen) atoms. The normalized spacial score (nSPS) is 15.2. The predicted octanol–water partition coefficient (Wildman–Crippen LogP) is 3.48. The fraction of sp³-hybridized carbons (Fsp3) is 0.111. The van der Waals surface area contributed by atoms with Gasteiger partial charge < -0.3 is 10.2 Å². The molecular formula is C18H16O4. The second-order valence-corrected chi connectivity index (χ2v) is 4.87. The molecule has 0 bridgehead atoms. The Morgan fingerprint density at radius 1 is 1.09 bits per heavy atom. The van der Waals surface area contributed by atoms with Gasteiger partial charge in [-0.05, 0) is 41.8 Å². The summed E-state index contributed by atoms with van der Waals surface area (Å²) >= 11 is 0. The number of carboxylic acids is 1. The van der Waals surface area contributed by atoms with Gasteiger partial charge in [0, 0.05) is 5.56 Å². The lowest BCUT2D eigenvalue weighted by Crippen LogP contribution is -2.13. The van der Waals surface area contributed by atoms with Crippen LogP contribution in [0.4, 0.5) is 0 Å². The average Bonchev–Trinajstić information content (AvgIpc) is 2.55. The number of fused-ring (bicyclic) bond motifs is 1. The number of phenolic OH excluding ortho intramolecular Hbond substituents is 1.